The first-order chi connectivity index (χ1) is 7.03. The van der Waals surface area contributed by atoms with Gasteiger partial charge in [0.1, 0.15) is 18.1 Å². The SMILES string of the molecule is CCOc1cccnc1COS(C)(=O)=O. The second kappa shape index (κ2) is 5.09. The van der Waals surface area contributed by atoms with E-state index >= 15 is 0 Å². The van der Waals surface area contributed by atoms with Gasteiger partial charge in [0, 0.05) is 6.20 Å². The van der Waals surface area contributed by atoms with Gasteiger partial charge in [-0.1, -0.05) is 0 Å². The van der Waals surface area contributed by atoms with Crippen molar-refractivity contribution in [2.45, 2.75) is 13.5 Å². The molecule has 6 heteroatoms. The Bertz CT molecular complexity index is 416. The summed E-state index contributed by atoms with van der Waals surface area (Å²) in [7, 11) is -3.45. The molecular formula is C9H13NO4S. The molecule has 1 rings (SSSR count). The zero-order valence-corrected chi connectivity index (χ0v) is 9.45. The molecule has 0 saturated heterocycles. The summed E-state index contributed by atoms with van der Waals surface area (Å²) in [5.74, 6) is 0.545. The molecule has 0 aliphatic carbocycles. The lowest BCUT2D eigenvalue weighted by Gasteiger charge is -2.07. The van der Waals surface area contributed by atoms with E-state index < -0.39 is 10.1 Å². The third-order valence-electron chi connectivity index (χ3n) is 1.56. The van der Waals surface area contributed by atoms with Crippen LogP contribution in [0.2, 0.25) is 0 Å². The number of aromatic nitrogens is 1. The Balaban J connectivity index is 2.75. The first-order valence-corrected chi connectivity index (χ1v) is 6.25. The van der Waals surface area contributed by atoms with E-state index in [1.165, 1.54) is 0 Å². The van der Waals surface area contributed by atoms with E-state index in [0.717, 1.165) is 6.26 Å². The van der Waals surface area contributed by atoms with Crippen molar-refractivity contribution in [1.82, 2.24) is 4.98 Å². The molecule has 1 aromatic rings. The highest BCUT2D eigenvalue weighted by atomic mass is 32.2. The van der Waals surface area contributed by atoms with Gasteiger partial charge in [-0.05, 0) is 19.1 Å². The number of rotatable bonds is 5. The predicted molar refractivity (Wildman–Crippen MR) is 55.0 cm³/mol. The van der Waals surface area contributed by atoms with Crippen molar-refractivity contribution in [3.63, 3.8) is 0 Å². The number of pyridine rings is 1. The summed E-state index contributed by atoms with van der Waals surface area (Å²) in [5.41, 5.74) is 0.477. The highest BCUT2D eigenvalue weighted by molar-refractivity contribution is 7.85. The Hall–Kier alpha value is -1.14. The Morgan fingerprint density at radius 1 is 1.47 bits per heavy atom. The predicted octanol–water partition coefficient (Wildman–Crippen LogP) is 0.956. The lowest BCUT2D eigenvalue weighted by atomic mass is 10.3. The van der Waals surface area contributed by atoms with Crippen LogP contribution >= 0.6 is 0 Å². The molecule has 0 aromatic carbocycles. The molecule has 5 nitrogen and oxygen atoms in total. The monoisotopic (exact) mass is 231 g/mol. The second-order valence-corrected chi connectivity index (χ2v) is 4.49. The fourth-order valence-corrected chi connectivity index (χ4v) is 1.31. The van der Waals surface area contributed by atoms with Crippen molar-refractivity contribution in [2.75, 3.05) is 12.9 Å². The summed E-state index contributed by atoms with van der Waals surface area (Å²) in [4.78, 5) is 3.99. The normalized spacial score (nSPS) is 11.3. The standard InChI is InChI=1S/C9H13NO4S/c1-3-13-9-5-4-6-10-8(9)7-14-15(2,11)12/h4-6H,3,7H2,1-2H3. The third kappa shape index (κ3) is 4.26. The molecule has 0 aliphatic heterocycles. The second-order valence-electron chi connectivity index (χ2n) is 2.85. The topological polar surface area (TPSA) is 65.5 Å². The average molecular weight is 231 g/mol. The van der Waals surface area contributed by atoms with Gasteiger partial charge >= 0.3 is 0 Å². The molecule has 0 atom stereocenters. The molecule has 1 aromatic heterocycles. The fraction of sp³-hybridized carbons (Fsp3) is 0.444. The summed E-state index contributed by atoms with van der Waals surface area (Å²) in [6.07, 6.45) is 2.56. The van der Waals surface area contributed by atoms with E-state index in [1.807, 2.05) is 6.92 Å². The maximum absolute atomic E-state index is 10.8. The van der Waals surface area contributed by atoms with Crippen molar-refractivity contribution < 1.29 is 17.3 Å². The molecule has 0 N–H and O–H groups in total. The largest absolute Gasteiger partial charge is 0.492 e. The first-order valence-electron chi connectivity index (χ1n) is 4.44. The van der Waals surface area contributed by atoms with E-state index in [0.29, 0.717) is 18.1 Å². The maximum Gasteiger partial charge on any atom is 0.264 e. The van der Waals surface area contributed by atoms with Crippen molar-refractivity contribution in [1.29, 1.82) is 0 Å². The summed E-state index contributed by atoms with van der Waals surface area (Å²) in [6, 6.07) is 3.44. The molecule has 0 radical (unpaired) electrons. The van der Waals surface area contributed by atoms with Crippen LogP contribution in [0.1, 0.15) is 12.6 Å². The zero-order chi connectivity index (χ0) is 11.3. The Morgan fingerprint density at radius 3 is 2.80 bits per heavy atom. The minimum absolute atomic E-state index is 0.102. The maximum atomic E-state index is 10.8. The molecule has 0 amide bonds. The van der Waals surface area contributed by atoms with Gasteiger partial charge in [0.05, 0.1) is 12.9 Å². The lowest BCUT2D eigenvalue weighted by molar-refractivity contribution is 0.286. The van der Waals surface area contributed by atoms with Crippen molar-refractivity contribution in [2.24, 2.45) is 0 Å². The number of nitrogens with zero attached hydrogens (tertiary/aromatic N) is 1. The van der Waals surface area contributed by atoms with Crippen LogP contribution in [0.15, 0.2) is 18.3 Å². The van der Waals surface area contributed by atoms with Crippen LogP contribution in [0.4, 0.5) is 0 Å². The Kier molecular flexibility index (Phi) is 4.05. The molecular weight excluding hydrogens is 218 g/mol. The fourth-order valence-electron chi connectivity index (χ4n) is 0.981. The van der Waals surface area contributed by atoms with Gasteiger partial charge in [-0.3, -0.25) is 9.17 Å². The molecule has 1 heterocycles. The smallest absolute Gasteiger partial charge is 0.264 e. The lowest BCUT2D eigenvalue weighted by Crippen LogP contribution is -2.06. The zero-order valence-electron chi connectivity index (χ0n) is 8.63. The van der Waals surface area contributed by atoms with Crippen LogP contribution in [0.3, 0.4) is 0 Å². The van der Waals surface area contributed by atoms with E-state index in [1.54, 1.807) is 18.3 Å². The van der Waals surface area contributed by atoms with Crippen LogP contribution in [-0.2, 0) is 20.9 Å². The van der Waals surface area contributed by atoms with Crippen molar-refractivity contribution in [3.8, 4) is 5.75 Å². The highest BCUT2D eigenvalue weighted by Crippen LogP contribution is 2.16. The van der Waals surface area contributed by atoms with Gasteiger partial charge in [-0.2, -0.15) is 8.42 Å². The minimum atomic E-state index is -3.45. The molecule has 0 bridgehead atoms. The van der Waals surface area contributed by atoms with Crippen molar-refractivity contribution in [3.05, 3.63) is 24.0 Å². The summed E-state index contributed by atoms with van der Waals surface area (Å²) >= 11 is 0. The van der Waals surface area contributed by atoms with Crippen LogP contribution in [-0.4, -0.2) is 26.3 Å². The van der Waals surface area contributed by atoms with Crippen LogP contribution in [0, 0.1) is 0 Å². The molecule has 0 fully saturated rings. The summed E-state index contributed by atoms with van der Waals surface area (Å²) < 4.78 is 31.5. The average Bonchev–Trinajstić information content (AvgIpc) is 2.16. The Morgan fingerprint density at radius 2 is 2.20 bits per heavy atom. The van der Waals surface area contributed by atoms with Gasteiger partial charge < -0.3 is 4.74 Å². The summed E-state index contributed by atoms with van der Waals surface area (Å²) in [6.45, 7) is 2.24. The van der Waals surface area contributed by atoms with Gasteiger partial charge in [0.15, 0.2) is 0 Å². The number of hydrogen-bond acceptors (Lipinski definition) is 5. The molecule has 0 unspecified atom stereocenters. The molecule has 15 heavy (non-hydrogen) atoms. The highest BCUT2D eigenvalue weighted by Gasteiger charge is 2.08. The molecule has 0 saturated carbocycles. The van der Waals surface area contributed by atoms with E-state index in [-0.39, 0.29) is 6.61 Å². The van der Waals surface area contributed by atoms with Crippen LogP contribution in [0.25, 0.3) is 0 Å². The summed E-state index contributed by atoms with van der Waals surface area (Å²) in [5, 5.41) is 0. The van der Waals surface area contributed by atoms with Crippen LogP contribution < -0.4 is 4.74 Å². The minimum Gasteiger partial charge on any atom is -0.492 e. The van der Waals surface area contributed by atoms with Gasteiger partial charge in [0.25, 0.3) is 10.1 Å². The van der Waals surface area contributed by atoms with E-state index in [4.69, 9.17) is 4.74 Å². The van der Waals surface area contributed by atoms with Gasteiger partial charge in [0.2, 0.25) is 0 Å². The number of hydrogen-bond donors (Lipinski definition) is 0. The van der Waals surface area contributed by atoms with Gasteiger partial charge in [-0.15, -0.1) is 0 Å². The molecule has 0 aliphatic rings. The first kappa shape index (κ1) is 11.9. The van der Waals surface area contributed by atoms with Crippen LogP contribution in [0.5, 0.6) is 5.75 Å². The quantitative estimate of drug-likeness (QED) is 0.706. The molecule has 84 valence electrons. The molecule has 0 spiro atoms. The number of ether oxygens (including phenoxy) is 1. The Labute approximate surface area is 89.2 Å². The third-order valence-corrected chi connectivity index (χ3v) is 2.10. The van der Waals surface area contributed by atoms with Gasteiger partial charge in [-0.25, -0.2) is 0 Å². The van der Waals surface area contributed by atoms with E-state index in [9.17, 15) is 8.42 Å². The van der Waals surface area contributed by atoms with E-state index in [2.05, 4.69) is 9.17 Å². The van der Waals surface area contributed by atoms with Crippen molar-refractivity contribution >= 4 is 10.1 Å².